The molecule has 0 saturated carbocycles. The number of likely N-dealkylation sites (N-methyl/N-ethyl adjacent to an activating group) is 2. The molecular weight excluding hydrogens is 1100 g/mol. The van der Waals surface area contributed by atoms with Gasteiger partial charge in [0, 0.05) is 75.1 Å². The van der Waals surface area contributed by atoms with Gasteiger partial charge in [-0.2, -0.15) is 0 Å². The Morgan fingerprint density at radius 3 is 0.930 bits per heavy atom. The summed E-state index contributed by atoms with van der Waals surface area (Å²) >= 11 is 0. The minimum atomic E-state index is -0.416. The lowest BCUT2D eigenvalue weighted by Crippen LogP contribution is -2.44. The van der Waals surface area contributed by atoms with Crippen molar-refractivity contribution in [2.75, 3.05) is 167 Å². The molecule has 0 fully saturated rings. The van der Waals surface area contributed by atoms with E-state index in [0.29, 0.717) is 88.1 Å². The first-order valence-electron chi connectivity index (χ1n) is 30.1. The van der Waals surface area contributed by atoms with E-state index < -0.39 is 16.3 Å². The maximum atomic E-state index is 11.5. The SMILES string of the molecule is CN(C)CCCCNc1c(C(C)(C)C)c(=O)c1=O.CN(C)CCCNc1c(C(C)(C)C)c(=O)c1=O.CN(C)CCNc1c(C(C)(C)C)c(=O)c1=O.CN(C)CCOCCNc1c(C(C)(C)C)c(=O)c1=O.CNc1c(NCCCC(C)(C)C)c(=O)c1=O. The smallest absolute Gasteiger partial charge is 0.253 e. The van der Waals surface area contributed by atoms with Crippen LogP contribution in [-0.4, -0.2) is 155 Å². The summed E-state index contributed by atoms with van der Waals surface area (Å²) in [6, 6.07) is 0. The van der Waals surface area contributed by atoms with Crippen LogP contribution < -0.4 is 86.2 Å². The summed E-state index contributed by atoms with van der Waals surface area (Å²) in [5, 5.41) is 18.0. The zero-order valence-electron chi connectivity index (χ0n) is 57.1. The Bertz CT molecular complexity index is 3260. The summed E-state index contributed by atoms with van der Waals surface area (Å²) in [6.45, 7) is 38.2. The van der Waals surface area contributed by atoms with Crippen LogP contribution in [0.5, 0.6) is 0 Å². The highest BCUT2D eigenvalue weighted by Gasteiger charge is 2.33. The van der Waals surface area contributed by atoms with Crippen LogP contribution >= 0.6 is 0 Å². The lowest BCUT2D eigenvalue weighted by Gasteiger charge is -2.24. The third kappa shape index (κ3) is 24.3. The number of hydrogen-bond donors (Lipinski definition) is 6. The largest absolute Gasteiger partial charge is 0.383 e. The molecule has 0 radical (unpaired) electrons. The van der Waals surface area contributed by atoms with Gasteiger partial charge in [0.1, 0.15) is 11.4 Å². The average molecular weight is 1210 g/mol. The molecule has 0 atom stereocenters. The fraction of sp³-hybridized carbons (Fsp3) is 0.692. The normalized spacial score (nSPS) is 12.2. The minimum absolute atomic E-state index is 0.253. The van der Waals surface area contributed by atoms with E-state index in [1.165, 1.54) is 0 Å². The van der Waals surface area contributed by atoms with E-state index >= 15 is 0 Å². The fourth-order valence-electron chi connectivity index (χ4n) is 9.11. The van der Waals surface area contributed by atoms with Crippen LogP contribution in [0.25, 0.3) is 0 Å². The number of nitrogens with one attached hydrogen (secondary N) is 6. The number of anilines is 6. The van der Waals surface area contributed by atoms with Crippen LogP contribution in [0.3, 0.4) is 0 Å². The number of hydrogen-bond acceptors (Lipinski definition) is 21. The average Bonchev–Trinajstić information content (AvgIpc) is 0.960. The van der Waals surface area contributed by atoms with Crippen molar-refractivity contribution in [3.05, 3.63) is 124 Å². The topological polar surface area (TPSA) is 265 Å². The Labute approximate surface area is 511 Å². The molecule has 86 heavy (non-hydrogen) atoms. The van der Waals surface area contributed by atoms with Crippen LogP contribution in [0, 0.1) is 5.41 Å². The Hall–Kier alpha value is -6.00. The lowest BCUT2D eigenvalue weighted by molar-refractivity contribution is 0.126. The zero-order valence-corrected chi connectivity index (χ0v) is 57.1. The third-order valence-electron chi connectivity index (χ3n) is 13.7. The van der Waals surface area contributed by atoms with Crippen molar-refractivity contribution < 1.29 is 4.74 Å². The standard InChI is InChI=1S/C14H24N2O3.C14H24N2O2.C13H22N2O2.2C12H20N2O2/c1-14(2,3)10-11(13(18)12(10)17)15-6-8-19-9-7-16(4)5;1-14(2,3)10-11(13(18)12(10)17)15-8-6-7-9-16(4)5;1-13(2,3)9-10(12(17)11(9)16)14-7-6-8-15(4)5;1-12(2,3)8-9(11(16)10(8)15)13-6-7-14(4)5;1-12(2,3)6-5-7-14-9-8(13-4)10(15)11(9)16/h15H,6-9H2,1-5H3;15H,6-9H2,1-5H3;14H,6-8H2,1-5H3;13H,6-7H2,1-5H3;13-14H,5-7H2,1-4H3. The van der Waals surface area contributed by atoms with Gasteiger partial charge in [0.2, 0.25) is 43.4 Å². The molecule has 0 aliphatic heterocycles. The van der Waals surface area contributed by atoms with Gasteiger partial charge in [-0.05, 0) is 129 Å². The minimum Gasteiger partial charge on any atom is -0.383 e. The quantitative estimate of drug-likeness (QED) is 0.0300. The maximum Gasteiger partial charge on any atom is 0.253 e. The van der Waals surface area contributed by atoms with E-state index in [1.54, 1.807) is 7.05 Å². The second kappa shape index (κ2) is 33.9. The van der Waals surface area contributed by atoms with Crippen LogP contribution in [-0.2, 0) is 26.4 Å². The lowest BCUT2D eigenvalue weighted by atomic mass is 9.82. The molecule has 0 spiro atoms. The van der Waals surface area contributed by atoms with Crippen molar-refractivity contribution in [3.8, 4) is 0 Å². The predicted molar refractivity (Wildman–Crippen MR) is 361 cm³/mol. The molecule has 0 aliphatic rings. The molecule has 486 valence electrons. The van der Waals surface area contributed by atoms with E-state index in [0.717, 1.165) is 77.9 Å². The van der Waals surface area contributed by atoms with Gasteiger partial charge in [-0.15, -0.1) is 0 Å². The predicted octanol–water partition coefficient (Wildman–Crippen LogP) is 4.96. The molecule has 5 rings (SSSR count). The Kier molecular flexibility index (Phi) is 30.8. The Morgan fingerprint density at radius 1 is 0.302 bits per heavy atom. The Balaban J connectivity index is 0.000000538. The summed E-state index contributed by atoms with van der Waals surface area (Å²) in [5.41, 5.74) is 1.05. The van der Waals surface area contributed by atoms with Crippen LogP contribution in [0.1, 0.15) is 158 Å². The Morgan fingerprint density at radius 2 is 0.593 bits per heavy atom. The first-order valence-corrected chi connectivity index (χ1v) is 30.1. The first-order chi connectivity index (χ1) is 39.4. The molecule has 0 aliphatic carbocycles. The van der Waals surface area contributed by atoms with Crippen molar-refractivity contribution in [1.29, 1.82) is 0 Å². The first kappa shape index (κ1) is 78.0. The number of unbranched alkanes of at least 4 members (excludes halogenated alkanes) is 1. The highest BCUT2D eigenvalue weighted by atomic mass is 16.5. The molecule has 5 aromatic rings. The molecule has 21 nitrogen and oxygen atoms in total. The fourth-order valence-corrected chi connectivity index (χ4v) is 9.11. The summed E-state index contributed by atoms with van der Waals surface area (Å²) in [5.74, 6) is 0. The van der Waals surface area contributed by atoms with E-state index in [1.807, 2.05) is 149 Å². The van der Waals surface area contributed by atoms with Crippen LogP contribution in [0.4, 0.5) is 34.1 Å². The van der Waals surface area contributed by atoms with Crippen molar-refractivity contribution in [2.45, 2.75) is 158 Å². The van der Waals surface area contributed by atoms with E-state index in [4.69, 9.17) is 4.74 Å². The number of ether oxygens (including phenoxy) is 1. The molecule has 0 aromatic heterocycles. The van der Waals surface area contributed by atoms with Crippen molar-refractivity contribution in [3.63, 3.8) is 0 Å². The molecule has 0 heterocycles. The molecule has 5 aromatic carbocycles. The van der Waals surface area contributed by atoms with Crippen LogP contribution in [0.15, 0.2) is 47.9 Å². The summed E-state index contributed by atoms with van der Waals surface area (Å²) < 4.78 is 5.42. The van der Waals surface area contributed by atoms with Crippen molar-refractivity contribution >= 4 is 34.1 Å². The van der Waals surface area contributed by atoms with Crippen molar-refractivity contribution in [1.82, 2.24) is 19.6 Å². The summed E-state index contributed by atoms with van der Waals surface area (Å²) in [6.07, 6.45) is 5.12. The maximum absolute atomic E-state index is 11.5. The number of nitrogens with zero attached hydrogens (tertiary/aromatic N) is 4. The molecule has 6 N–H and O–H groups in total. The van der Waals surface area contributed by atoms with Gasteiger partial charge in [-0.3, -0.25) is 47.9 Å². The highest BCUT2D eigenvalue weighted by Crippen LogP contribution is 2.28. The van der Waals surface area contributed by atoms with E-state index in [2.05, 4.69) is 62.5 Å². The molecule has 0 saturated heterocycles. The van der Waals surface area contributed by atoms with Gasteiger partial charge in [-0.25, -0.2) is 0 Å². The molecule has 0 bridgehead atoms. The van der Waals surface area contributed by atoms with Crippen LogP contribution in [0.2, 0.25) is 0 Å². The zero-order chi connectivity index (χ0) is 66.6. The molecule has 0 amide bonds. The van der Waals surface area contributed by atoms with Gasteiger partial charge < -0.3 is 56.2 Å². The second-order valence-corrected chi connectivity index (χ2v) is 28.5. The van der Waals surface area contributed by atoms with E-state index in [9.17, 15) is 47.9 Å². The van der Waals surface area contributed by atoms with Gasteiger partial charge in [-0.1, -0.05) is 104 Å². The highest BCUT2D eigenvalue weighted by molar-refractivity contribution is 5.73. The number of rotatable bonds is 27. The molecule has 21 heteroatoms. The molecular formula is C65H110N10O11. The second-order valence-electron chi connectivity index (χ2n) is 28.5. The van der Waals surface area contributed by atoms with Gasteiger partial charge in [0.15, 0.2) is 0 Å². The monoisotopic (exact) mass is 1210 g/mol. The van der Waals surface area contributed by atoms with Gasteiger partial charge >= 0.3 is 0 Å². The third-order valence-corrected chi connectivity index (χ3v) is 13.7. The molecule has 0 unspecified atom stereocenters. The summed E-state index contributed by atoms with van der Waals surface area (Å²) in [4.78, 5) is 123. The van der Waals surface area contributed by atoms with E-state index in [-0.39, 0.29) is 59.7 Å². The van der Waals surface area contributed by atoms with Gasteiger partial charge in [0.05, 0.1) is 36.0 Å². The van der Waals surface area contributed by atoms with Gasteiger partial charge in [0.25, 0.3) is 10.9 Å². The summed E-state index contributed by atoms with van der Waals surface area (Å²) in [7, 11) is 17.7. The van der Waals surface area contributed by atoms with Crippen molar-refractivity contribution in [2.24, 2.45) is 5.41 Å².